The molecule has 10 heteroatoms. The van der Waals surface area contributed by atoms with E-state index in [0.29, 0.717) is 72.6 Å². The van der Waals surface area contributed by atoms with Crippen molar-refractivity contribution in [2.24, 2.45) is 5.73 Å². The zero-order valence-electron chi connectivity index (χ0n) is 36.6. The van der Waals surface area contributed by atoms with Crippen LogP contribution < -0.4 is 15.2 Å². The summed E-state index contributed by atoms with van der Waals surface area (Å²) in [5.74, 6) is 1.37. The second kappa shape index (κ2) is 24.2. The molecule has 60 heavy (non-hydrogen) atoms. The summed E-state index contributed by atoms with van der Waals surface area (Å²) in [7, 11) is 3.40. The third kappa shape index (κ3) is 13.9. The SMILES string of the molecule is COCCOCCCC1(CCCOCCOC)c2cc(-c3ccc(OCCCCN)cc3)ccc2-c2ccc(-c3ccc(OCCOCCC(=O)OC(C)(C)C)cc3)cc21. The standard InChI is InChI=1S/C50H67NO9/c1-49(2,3)60-48(52)22-29-57-34-35-59-43-18-12-39(13-19-43)41-15-21-45-44-20-14-40(38-10-16-42(17-11-38)58-28-7-6-25-51)36-46(44)50(47(45)37-41,23-8-26-55-32-30-53-4)24-9-27-56-33-31-54-5/h10-21,36-37H,6-9,22-35,51H2,1-5H3. The van der Waals surface area contributed by atoms with Gasteiger partial charge in [0.1, 0.15) is 23.7 Å². The molecule has 0 radical (unpaired) electrons. The van der Waals surface area contributed by atoms with Gasteiger partial charge in [0.25, 0.3) is 0 Å². The van der Waals surface area contributed by atoms with Crippen LogP contribution in [0.25, 0.3) is 33.4 Å². The van der Waals surface area contributed by atoms with E-state index in [-0.39, 0.29) is 17.8 Å². The molecule has 0 unspecified atom stereocenters. The van der Waals surface area contributed by atoms with Crippen molar-refractivity contribution in [3.8, 4) is 44.9 Å². The van der Waals surface area contributed by atoms with E-state index in [2.05, 4.69) is 72.8 Å². The molecule has 10 nitrogen and oxygen atoms in total. The van der Waals surface area contributed by atoms with Crippen LogP contribution in [0.4, 0.5) is 0 Å². The lowest BCUT2D eigenvalue weighted by atomic mass is 9.70. The summed E-state index contributed by atoms with van der Waals surface area (Å²) in [5, 5.41) is 0. The van der Waals surface area contributed by atoms with E-state index in [4.69, 9.17) is 43.6 Å². The van der Waals surface area contributed by atoms with Crippen molar-refractivity contribution in [3.63, 3.8) is 0 Å². The number of benzene rings is 4. The number of nitrogens with two attached hydrogens (primary N) is 1. The average Bonchev–Trinajstić information content (AvgIpc) is 3.51. The topological polar surface area (TPSA) is 117 Å². The van der Waals surface area contributed by atoms with Gasteiger partial charge in [-0.15, -0.1) is 0 Å². The van der Waals surface area contributed by atoms with Gasteiger partial charge in [0.05, 0.1) is 52.7 Å². The molecule has 0 aliphatic heterocycles. The van der Waals surface area contributed by atoms with Crippen molar-refractivity contribution in [1.29, 1.82) is 0 Å². The third-order valence-corrected chi connectivity index (χ3v) is 10.6. The van der Waals surface area contributed by atoms with Gasteiger partial charge in [-0.2, -0.15) is 0 Å². The Morgan fingerprint density at radius 3 is 1.48 bits per heavy atom. The van der Waals surface area contributed by atoms with Crippen LogP contribution in [-0.2, 0) is 38.6 Å². The molecule has 1 aliphatic rings. The maximum absolute atomic E-state index is 12.0. The highest BCUT2D eigenvalue weighted by atomic mass is 16.6. The molecule has 2 N–H and O–H groups in total. The van der Waals surface area contributed by atoms with Crippen LogP contribution >= 0.6 is 0 Å². The highest BCUT2D eigenvalue weighted by Crippen LogP contribution is 2.55. The number of carbonyl (C=O) groups excluding carboxylic acids is 1. The minimum atomic E-state index is -0.502. The van der Waals surface area contributed by atoms with Crippen LogP contribution in [0.15, 0.2) is 84.9 Å². The summed E-state index contributed by atoms with van der Waals surface area (Å²) < 4.78 is 45.5. The Kier molecular flexibility index (Phi) is 18.9. The summed E-state index contributed by atoms with van der Waals surface area (Å²) in [5.41, 5.74) is 14.7. The lowest BCUT2D eigenvalue weighted by molar-refractivity contribution is -0.156. The molecule has 5 rings (SSSR count). The van der Waals surface area contributed by atoms with Gasteiger partial charge >= 0.3 is 5.97 Å². The number of unbranched alkanes of at least 4 members (excludes halogenated alkanes) is 1. The smallest absolute Gasteiger partial charge is 0.308 e. The van der Waals surface area contributed by atoms with Crippen LogP contribution in [0, 0.1) is 0 Å². The fraction of sp³-hybridized carbons (Fsp3) is 0.500. The number of carbonyl (C=O) groups is 1. The Bertz CT molecular complexity index is 1850. The van der Waals surface area contributed by atoms with Crippen LogP contribution in [0.1, 0.15) is 76.8 Å². The van der Waals surface area contributed by atoms with Gasteiger partial charge in [0.15, 0.2) is 0 Å². The zero-order valence-corrected chi connectivity index (χ0v) is 36.6. The minimum absolute atomic E-state index is 0.213. The molecule has 0 bridgehead atoms. The van der Waals surface area contributed by atoms with Crippen molar-refractivity contribution < 1.29 is 42.7 Å². The monoisotopic (exact) mass is 825 g/mol. The largest absolute Gasteiger partial charge is 0.494 e. The fourth-order valence-corrected chi connectivity index (χ4v) is 7.75. The maximum Gasteiger partial charge on any atom is 0.308 e. The van der Waals surface area contributed by atoms with E-state index in [0.717, 1.165) is 66.7 Å². The lowest BCUT2D eigenvalue weighted by Crippen LogP contribution is -2.27. The minimum Gasteiger partial charge on any atom is -0.494 e. The summed E-state index contributed by atoms with van der Waals surface area (Å²) in [6.45, 7) is 11.6. The van der Waals surface area contributed by atoms with Crippen molar-refractivity contribution in [1.82, 2.24) is 0 Å². The van der Waals surface area contributed by atoms with E-state index in [1.807, 2.05) is 32.9 Å². The molecule has 0 spiro atoms. The fourth-order valence-electron chi connectivity index (χ4n) is 7.75. The molecule has 0 atom stereocenters. The molecule has 0 heterocycles. The predicted molar refractivity (Wildman–Crippen MR) is 238 cm³/mol. The highest BCUT2D eigenvalue weighted by molar-refractivity contribution is 5.86. The highest BCUT2D eigenvalue weighted by Gasteiger charge is 2.42. The Morgan fingerprint density at radius 2 is 1.00 bits per heavy atom. The van der Waals surface area contributed by atoms with Crippen LogP contribution in [0.2, 0.25) is 0 Å². The summed E-state index contributed by atoms with van der Waals surface area (Å²) in [6.07, 6.45) is 5.75. The van der Waals surface area contributed by atoms with Gasteiger partial charge in [-0.25, -0.2) is 0 Å². The Balaban J connectivity index is 1.38. The molecule has 1 aliphatic carbocycles. The number of fused-ring (bicyclic) bond motifs is 3. The van der Waals surface area contributed by atoms with E-state index in [1.54, 1.807) is 14.2 Å². The normalized spacial score (nSPS) is 12.9. The number of esters is 1. The van der Waals surface area contributed by atoms with Crippen LogP contribution in [0.5, 0.6) is 11.5 Å². The molecule has 0 saturated carbocycles. The molecule has 0 amide bonds. The van der Waals surface area contributed by atoms with Crippen molar-refractivity contribution in [2.75, 3.05) is 86.8 Å². The number of ether oxygens (including phenoxy) is 8. The molecule has 0 fully saturated rings. The number of rotatable bonds is 28. The number of methoxy groups -OCH3 is 2. The average molecular weight is 826 g/mol. The molecule has 4 aromatic rings. The first-order valence-electron chi connectivity index (χ1n) is 21.6. The Labute approximate surface area is 357 Å². The zero-order chi connectivity index (χ0) is 42.6. The Morgan fingerprint density at radius 1 is 0.533 bits per heavy atom. The van der Waals surface area contributed by atoms with Crippen LogP contribution in [0.3, 0.4) is 0 Å². The third-order valence-electron chi connectivity index (χ3n) is 10.6. The second-order valence-corrected chi connectivity index (χ2v) is 16.2. The molecule has 326 valence electrons. The molecular weight excluding hydrogens is 759 g/mol. The van der Waals surface area contributed by atoms with Gasteiger partial charge in [-0.3, -0.25) is 4.79 Å². The Hall–Kier alpha value is -4.29. The number of hydrogen-bond donors (Lipinski definition) is 1. The predicted octanol–water partition coefficient (Wildman–Crippen LogP) is 9.42. The van der Waals surface area contributed by atoms with Crippen LogP contribution in [-0.4, -0.2) is 98.4 Å². The van der Waals surface area contributed by atoms with E-state index >= 15 is 0 Å². The van der Waals surface area contributed by atoms with Gasteiger partial charge in [0, 0.05) is 32.8 Å². The molecule has 0 saturated heterocycles. The van der Waals surface area contributed by atoms with Gasteiger partial charge in [0.2, 0.25) is 0 Å². The molecule has 0 aromatic heterocycles. The molecular formula is C50H67NO9. The summed E-state index contributed by atoms with van der Waals surface area (Å²) >= 11 is 0. The first-order chi connectivity index (χ1) is 29.2. The van der Waals surface area contributed by atoms with Gasteiger partial charge in [-0.05, 0) is 147 Å². The van der Waals surface area contributed by atoms with Crippen molar-refractivity contribution in [2.45, 2.75) is 76.7 Å². The van der Waals surface area contributed by atoms with Gasteiger partial charge in [-0.1, -0.05) is 48.5 Å². The van der Waals surface area contributed by atoms with E-state index < -0.39 is 5.60 Å². The summed E-state index contributed by atoms with van der Waals surface area (Å²) in [6, 6.07) is 30.6. The van der Waals surface area contributed by atoms with E-state index in [1.165, 1.54) is 27.8 Å². The van der Waals surface area contributed by atoms with Gasteiger partial charge < -0.3 is 43.6 Å². The lowest BCUT2D eigenvalue weighted by Gasteiger charge is -2.33. The quantitative estimate of drug-likeness (QED) is 0.0439. The molecule has 4 aromatic carbocycles. The first-order valence-corrected chi connectivity index (χ1v) is 21.6. The van der Waals surface area contributed by atoms with Crippen molar-refractivity contribution >= 4 is 5.97 Å². The second-order valence-electron chi connectivity index (χ2n) is 16.2. The number of hydrogen-bond acceptors (Lipinski definition) is 10. The summed E-state index contributed by atoms with van der Waals surface area (Å²) in [4.78, 5) is 12.0. The first kappa shape index (κ1) is 46.8. The maximum atomic E-state index is 12.0. The van der Waals surface area contributed by atoms with E-state index in [9.17, 15) is 4.79 Å². The van der Waals surface area contributed by atoms with Crippen molar-refractivity contribution in [3.05, 3.63) is 96.1 Å².